The van der Waals surface area contributed by atoms with Crippen LogP contribution in [0.2, 0.25) is 0 Å². The summed E-state index contributed by atoms with van der Waals surface area (Å²) >= 11 is 0. The fraction of sp³-hybridized carbons (Fsp3) is 0.318. The fourth-order valence-electron chi connectivity index (χ4n) is 3.68. The van der Waals surface area contributed by atoms with Crippen molar-refractivity contribution in [3.8, 4) is 17.0 Å². The molecule has 1 fully saturated rings. The van der Waals surface area contributed by atoms with Crippen LogP contribution in [0.5, 0.6) is 5.75 Å². The SMILES string of the molecule is COc1ccc(-c2[nH]ncc2CNC(=O)c2cncc(CC3CCNC3)c2)cc1. The molecule has 2 aromatic heterocycles. The molecule has 0 aliphatic carbocycles. The van der Waals surface area contributed by atoms with E-state index in [4.69, 9.17) is 4.74 Å². The van der Waals surface area contributed by atoms with E-state index in [1.54, 1.807) is 19.5 Å². The van der Waals surface area contributed by atoms with Gasteiger partial charge in [0.2, 0.25) is 0 Å². The lowest BCUT2D eigenvalue weighted by Gasteiger charge is -2.10. The number of aromatic amines is 1. The molecular weight excluding hydrogens is 366 g/mol. The normalized spacial score (nSPS) is 16.0. The Bertz CT molecular complexity index is 961. The quantitative estimate of drug-likeness (QED) is 0.576. The van der Waals surface area contributed by atoms with Gasteiger partial charge in [-0.2, -0.15) is 5.10 Å². The summed E-state index contributed by atoms with van der Waals surface area (Å²) in [6.45, 7) is 2.48. The van der Waals surface area contributed by atoms with E-state index in [9.17, 15) is 4.79 Å². The molecule has 1 unspecified atom stereocenters. The molecule has 4 rings (SSSR count). The van der Waals surface area contributed by atoms with Crippen molar-refractivity contribution in [2.24, 2.45) is 5.92 Å². The van der Waals surface area contributed by atoms with Crippen molar-refractivity contribution in [1.29, 1.82) is 0 Å². The van der Waals surface area contributed by atoms with Gasteiger partial charge in [-0.25, -0.2) is 0 Å². The van der Waals surface area contributed by atoms with Crippen molar-refractivity contribution in [3.63, 3.8) is 0 Å². The molecule has 1 saturated heterocycles. The summed E-state index contributed by atoms with van der Waals surface area (Å²) in [5, 5.41) is 13.5. The first-order valence-corrected chi connectivity index (χ1v) is 9.82. The molecule has 150 valence electrons. The Hall–Kier alpha value is -3.19. The molecular formula is C22H25N5O2. The molecule has 0 saturated carbocycles. The number of carbonyl (C=O) groups excluding carboxylic acids is 1. The van der Waals surface area contributed by atoms with Crippen LogP contribution in [0.3, 0.4) is 0 Å². The van der Waals surface area contributed by atoms with Gasteiger partial charge < -0.3 is 15.4 Å². The number of nitrogens with zero attached hydrogens (tertiary/aromatic N) is 2. The van der Waals surface area contributed by atoms with E-state index in [1.807, 2.05) is 36.5 Å². The number of H-pyrrole nitrogens is 1. The average molecular weight is 391 g/mol. The summed E-state index contributed by atoms with van der Waals surface area (Å²) in [6.07, 6.45) is 7.33. The molecule has 1 aromatic carbocycles. The van der Waals surface area contributed by atoms with E-state index < -0.39 is 0 Å². The largest absolute Gasteiger partial charge is 0.497 e. The highest BCUT2D eigenvalue weighted by molar-refractivity contribution is 5.94. The van der Waals surface area contributed by atoms with Crippen molar-refractivity contribution in [1.82, 2.24) is 25.8 Å². The highest BCUT2D eigenvalue weighted by Crippen LogP contribution is 2.23. The molecule has 0 spiro atoms. The summed E-state index contributed by atoms with van der Waals surface area (Å²) in [4.78, 5) is 16.9. The van der Waals surface area contributed by atoms with Crippen molar-refractivity contribution in [2.45, 2.75) is 19.4 Å². The number of nitrogens with one attached hydrogen (secondary N) is 3. The first-order chi connectivity index (χ1) is 14.2. The van der Waals surface area contributed by atoms with Gasteiger partial charge in [0.05, 0.1) is 24.6 Å². The van der Waals surface area contributed by atoms with Crippen molar-refractivity contribution < 1.29 is 9.53 Å². The van der Waals surface area contributed by atoms with E-state index >= 15 is 0 Å². The van der Waals surface area contributed by atoms with Gasteiger partial charge in [0.15, 0.2) is 0 Å². The summed E-state index contributed by atoms with van der Waals surface area (Å²) in [5.41, 5.74) is 4.48. The summed E-state index contributed by atoms with van der Waals surface area (Å²) in [6, 6.07) is 9.66. The number of hydrogen-bond donors (Lipinski definition) is 3. The van der Waals surface area contributed by atoms with Crippen LogP contribution >= 0.6 is 0 Å². The van der Waals surface area contributed by atoms with Crippen LogP contribution in [0, 0.1) is 5.92 Å². The van der Waals surface area contributed by atoms with Gasteiger partial charge in [0, 0.05) is 30.1 Å². The van der Waals surface area contributed by atoms with Crippen molar-refractivity contribution in [3.05, 3.63) is 65.6 Å². The highest BCUT2D eigenvalue weighted by atomic mass is 16.5. The van der Waals surface area contributed by atoms with Crippen LogP contribution in [0.1, 0.15) is 27.9 Å². The molecule has 7 nitrogen and oxygen atoms in total. The lowest BCUT2D eigenvalue weighted by Crippen LogP contribution is -2.23. The second-order valence-corrected chi connectivity index (χ2v) is 7.33. The monoisotopic (exact) mass is 391 g/mol. The maximum Gasteiger partial charge on any atom is 0.253 e. The molecule has 0 bridgehead atoms. The number of aromatic nitrogens is 3. The zero-order chi connectivity index (χ0) is 20.1. The van der Waals surface area contributed by atoms with Gasteiger partial charge in [0.25, 0.3) is 5.91 Å². The minimum absolute atomic E-state index is 0.134. The van der Waals surface area contributed by atoms with E-state index in [1.165, 1.54) is 6.42 Å². The Labute approximate surface area is 169 Å². The molecule has 1 amide bonds. The molecule has 7 heteroatoms. The maximum atomic E-state index is 12.7. The molecule has 1 aliphatic heterocycles. The summed E-state index contributed by atoms with van der Waals surface area (Å²) in [7, 11) is 1.64. The zero-order valence-electron chi connectivity index (χ0n) is 16.4. The smallest absolute Gasteiger partial charge is 0.253 e. The van der Waals surface area contributed by atoms with Gasteiger partial charge in [-0.15, -0.1) is 0 Å². The van der Waals surface area contributed by atoms with Gasteiger partial charge in [-0.05, 0) is 67.7 Å². The third-order valence-corrected chi connectivity index (χ3v) is 5.28. The van der Waals surface area contributed by atoms with Crippen molar-refractivity contribution >= 4 is 5.91 Å². The standard InChI is InChI=1S/C22H25N5O2/c1-29-20-4-2-17(3-5-20)21-19(14-26-27-21)13-25-22(28)18-9-16(11-24-12-18)8-15-6-7-23-10-15/h2-5,9,11-12,14-15,23H,6-8,10,13H2,1H3,(H,25,28)(H,26,27). The fourth-order valence-corrected chi connectivity index (χ4v) is 3.68. The molecule has 3 aromatic rings. The Balaban J connectivity index is 1.40. The minimum atomic E-state index is -0.134. The first kappa shape index (κ1) is 19.1. The molecule has 29 heavy (non-hydrogen) atoms. The molecule has 3 heterocycles. The van der Waals surface area contributed by atoms with Gasteiger partial charge in [-0.3, -0.25) is 14.9 Å². The third-order valence-electron chi connectivity index (χ3n) is 5.28. The van der Waals surface area contributed by atoms with Crippen LogP contribution in [-0.2, 0) is 13.0 Å². The molecule has 1 aliphatic rings. The van der Waals surface area contributed by atoms with E-state index in [0.717, 1.165) is 47.6 Å². The van der Waals surface area contributed by atoms with Crippen LogP contribution in [0.25, 0.3) is 11.3 Å². The number of ether oxygens (including phenoxy) is 1. The Morgan fingerprint density at radius 1 is 1.24 bits per heavy atom. The molecule has 1 atom stereocenters. The first-order valence-electron chi connectivity index (χ1n) is 9.82. The summed E-state index contributed by atoms with van der Waals surface area (Å²) in [5.74, 6) is 1.28. The lowest BCUT2D eigenvalue weighted by atomic mass is 9.99. The number of pyridine rings is 1. The topological polar surface area (TPSA) is 91.9 Å². The second kappa shape index (κ2) is 8.87. The predicted molar refractivity (Wildman–Crippen MR) is 111 cm³/mol. The van der Waals surface area contributed by atoms with Crippen molar-refractivity contribution in [2.75, 3.05) is 20.2 Å². The van der Waals surface area contributed by atoms with Crippen LogP contribution in [0.15, 0.2) is 48.9 Å². The van der Waals surface area contributed by atoms with Gasteiger partial charge >= 0.3 is 0 Å². The lowest BCUT2D eigenvalue weighted by molar-refractivity contribution is 0.0950. The van der Waals surface area contributed by atoms with E-state index in [-0.39, 0.29) is 5.91 Å². The van der Waals surface area contributed by atoms with Gasteiger partial charge in [0.1, 0.15) is 5.75 Å². The Morgan fingerprint density at radius 3 is 2.86 bits per heavy atom. The van der Waals surface area contributed by atoms with Crippen LogP contribution in [-0.4, -0.2) is 41.3 Å². The second-order valence-electron chi connectivity index (χ2n) is 7.33. The van der Waals surface area contributed by atoms with Crippen LogP contribution < -0.4 is 15.4 Å². The maximum absolute atomic E-state index is 12.7. The van der Waals surface area contributed by atoms with E-state index in [0.29, 0.717) is 18.0 Å². The number of amides is 1. The number of carbonyl (C=O) groups is 1. The molecule has 0 radical (unpaired) electrons. The van der Waals surface area contributed by atoms with E-state index in [2.05, 4.69) is 25.8 Å². The highest BCUT2D eigenvalue weighted by Gasteiger charge is 2.16. The third kappa shape index (κ3) is 4.63. The average Bonchev–Trinajstić information content (AvgIpc) is 3.44. The number of hydrogen-bond acceptors (Lipinski definition) is 5. The predicted octanol–water partition coefficient (Wildman–Crippen LogP) is 2.56. The number of benzene rings is 1. The van der Waals surface area contributed by atoms with Gasteiger partial charge in [-0.1, -0.05) is 0 Å². The Kier molecular flexibility index (Phi) is 5.86. The number of methoxy groups -OCH3 is 1. The summed E-state index contributed by atoms with van der Waals surface area (Å²) < 4.78 is 5.20. The van der Waals surface area contributed by atoms with Crippen LogP contribution in [0.4, 0.5) is 0 Å². The minimum Gasteiger partial charge on any atom is -0.497 e. The molecule has 3 N–H and O–H groups in total. The zero-order valence-corrected chi connectivity index (χ0v) is 16.4. The number of rotatable bonds is 7. The Morgan fingerprint density at radius 2 is 2.10 bits per heavy atom.